The van der Waals surface area contributed by atoms with Gasteiger partial charge in [0.25, 0.3) is 0 Å². The van der Waals surface area contributed by atoms with E-state index >= 15 is 0 Å². The molecular formula is C14H9BrF2O2. The van der Waals surface area contributed by atoms with Crippen molar-refractivity contribution < 1.29 is 18.3 Å². The Labute approximate surface area is 117 Å². The van der Waals surface area contributed by atoms with Gasteiger partial charge in [0.15, 0.2) is 5.78 Å². The summed E-state index contributed by atoms with van der Waals surface area (Å²) in [5.41, 5.74) is -0.0470. The predicted octanol–water partition coefficient (Wildman–Crippen LogP) is 3.97. The Bertz CT molecular complexity index is 621. The first-order chi connectivity index (χ1) is 9.01. The summed E-state index contributed by atoms with van der Waals surface area (Å²) in [6, 6.07) is 7.63. The number of hydrogen-bond donors (Lipinski definition) is 0. The summed E-state index contributed by atoms with van der Waals surface area (Å²) in [4.78, 5) is 12.1. The van der Waals surface area contributed by atoms with Gasteiger partial charge >= 0.3 is 0 Å². The third-order valence-corrected chi connectivity index (χ3v) is 3.00. The third kappa shape index (κ3) is 2.98. The lowest BCUT2D eigenvalue weighted by Crippen LogP contribution is -2.05. The van der Waals surface area contributed by atoms with Crippen LogP contribution in [0.1, 0.15) is 15.9 Å². The number of methoxy groups -OCH3 is 1. The number of carbonyl (C=O) groups excluding carboxylic acids is 1. The average Bonchev–Trinajstić information content (AvgIpc) is 2.36. The molecular weight excluding hydrogens is 318 g/mol. The molecule has 0 atom stereocenters. The Balaban J connectivity index is 2.44. The Kier molecular flexibility index (Phi) is 3.95. The largest absolute Gasteiger partial charge is 0.497 e. The molecule has 0 heterocycles. The maximum Gasteiger partial charge on any atom is 0.196 e. The van der Waals surface area contributed by atoms with E-state index in [-0.39, 0.29) is 11.1 Å². The highest BCUT2D eigenvalue weighted by molar-refractivity contribution is 9.10. The van der Waals surface area contributed by atoms with E-state index in [9.17, 15) is 13.6 Å². The van der Waals surface area contributed by atoms with Crippen LogP contribution in [0.15, 0.2) is 40.9 Å². The summed E-state index contributed by atoms with van der Waals surface area (Å²) < 4.78 is 32.3. The van der Waals surface area contributed by atoms with E-state index in [1.54, 1.807) is 0 Å². The van der Waals surface area contributed by atoms with Crippen LogP contribution in [0.25, 0.3) is 0 Å². The number of carbonyl (C=O) groups is 1. The molecule has 0 saturated carbocycles. The molecule has 0 spiro atoms. The van der Waals surface area contributed by atoms with Crippen molar-refractivity contribution in [2.24, 2.45) is 0 Å². The van der Waals surface area contributed by atoms with E-state index in [1.165, 1.54) is 31.4 Å². The van der Waals surface area contributed by atoms with E-state index in [0.717, 1.165) is 12.1 Å². The number of hydrogen-bond acceptors (Lipinski definition) is 2. The highest BCUT2D eigenvalue weighted by Gasteiger charge is 2.16. The van der Waals surface area contributed by atoms with Crippen LogP contribution in [0.4, 0.5) is 8.78 Å². The molecule has 0 aliphatic carbocycles. The molecule has 0 saturated heterocycles. The summed E-state index contributed by atoms with van der Waals surface area (Å²) in [7, 11) is 1.40. The van der Waals surface area contributed by atoms with Crippen molar-refractivity contribution in [1.29, 1.82) is 0 Å². The first-order valence-corrected chi connectivity index (χ1v) is 6.15. The van der Waals surface area contributed by atoms with Crippen LogP contribution >= 0.6 is 15.9 Å². The molecule has 0 aromatic heterocycles. The predicted molar refractivity (Wildman–Crippen MR) is 70.5 cm³/mol. The summed E-state index contributed by atoms with van der Waals surface area (Å²) >= 11 is 3.09. The average molecular weight is 327 g/mol. The molecule has 2 aromatic carbocycles. The minimum Gasteiger partial charge on any atom is -0.497 e. The van der Waals surface area contributed by atoms with Crippen molar-refractivity contribution in [3.05, 3.63) is 63.6 Å². The molecule has 0 radical (unpaired) electrons. The first kappa shape index (κ1) is 13.7. The molecule has 0 bridgehead atoms. The lowest BCUT2D eigenvalue weighted by molar-refractivity contribution is 0.103. The van der Waals surface area contributed by atoms with Gasteiger partial charge in [0.2, 0.25) is 0 Å². The smallest absolute Gasteiger partial charge is 0.196 e. The minimum atomic E-state index is -0.704. The number of rotatable bonds is 3. The maximum absolute atomic E-state index is 13.8. The molecule has 0 N–H and O–H groups in total. The van der Waals surface area contributed by atoms with Gasteiger partial charge < -0.3 is 4.74 Å². The van der Waals surface area contributed by atoms with Crippen molar-refractivity contribution in [2.45, 2.75) is 0 Å². The van der Waals surface area contributed by atoms with Crippen molar-refractivity contribution in [1.82, 2.24) is 0 Å². The van der Waals surface area contributed by atoms with Crippen LogP contribution < -0.4 is 4.74 Å². The normalized spacial score (nSPS) is 10.3. The van der Waals surface area contributed by atoms with Gasteiger partial charge in [-0.25, -0.2) is 8.78 Å². The minimum absolute atomic E-state index is 0.0796. The second-order valence-corrected chi connectivity index (χ2v) is 4.75. The summed E-state index contributed by atoms with van der Waals surface area (Å²) in [5, 5.41) is 0. The van der Waals surface area contributed by atoms with Gasteiger partial charge in [-0.2, -0.15) is 0 Å². The zero-order chi connectivity index (χ0) is 14.0. The summed E-state index contributed by atoms with van der Waals surface area (Å²) in [6.45, 7) is 0. The van der Waals surface area contributed by atoms with Gasteiger partial charge in [-0.15, -0.1) is 0 Å². The number of ketones is 1. The molecule has 0 fully saturated rings. The lowest BCUT2D eigenvalue weighted by Gasteiger charge is -2.06. The van der Waals surface area contributed by atoms with E-state index < -0.39 is 17.4 Å². The Hall–Kier alpha value is -1.75. The monoisotopic (exact) mass is 326 g/mol. The molecule has 0 unspecified atom stereocenters. The molecule has 0 aliphatic rings. The molecule has 2 rings (SSSR count). The Morgan fingerprint density at radius 2 is 1.89 bits per heavy atom. The van der Waals surface area contributed by atoms with Crippen LogP contribution in [0, 0.1) is 11.6 Å². The molecule has 5 heteroatoms. The fourth-order valence-electron chi connectivity index (χ4n) is 1.65. The molecule has 98 valence electrons. The van der Waals surface area contributed by atoms with Crippen molar-refractivity contribution >= 4 is 21.7 Å². The molecule has 0 amide bonds. The molecule has 19 heavy (non-hydrogen) atoms. The van der Waals surface area contributed by atoms with E-state index in [1.807, 2.05) is 0 Å². The van der Waals surface area contributed by atoms with Crippen LogP contribution in [-0.4, -0.2) is 12.9 Å². The number of ether oxygens (including phenoxy) is 1. The summed E-state index contributed by atoms with van der Waals surface area (Å²) in [6.07, 6.45) is 0. The highest BCUT2D eigenvalue weighted by Crippen LogP contribution is 2.21. The third-order valence-electron chi connectivity index (χ3n) is 2.55. The van der Waals surface area contributed by atoms with E-state index in [4.69, 9.17) is 4.74 Å². The fourth-order valence-corrected chi connectivity index (χ4v) is 2.11. The first-order valence-electron chi connectivity index (χ1n) is 5.35. The molecule has 0 aliphatic heterocycles. The van der Waals surface area contributed by atoms with Gasteiger partial charge in [-0.05, 0) is 30.3 Å². The van der Waals surface area contributed by atoms with Crippen LogP contribution in [0.2, 0.25) is 0 Å². The summed E-state index contributed by atoms with van der Waals surface area (Å²) in [5.74, 6) is -1.54. The molecule has 2 nitrogen and oxygen atoms in total. The van der Waals surface area contributed by atoms with E-state index in [0.29, 0.717) is 10.2 Å². The second kappa shape index (κ2) is 5.48. The van der Waals surface area contributed by atoms with Gasteiger partial charge in [0, 0.05) is 16.1 Å². The quantitative estimate of drug-likeness (QED) is 0.798. The highest BCUT2D eigenvalue weighted by atomic mass is 79.9. The van der Waals surface area contributed by atoms with Gasteiger partial charge in [0.05, 0.1) is 12.7 Å². The van der Waals surface area contributed by atoms with Gasteiger partial charge in [-0.3, -0.25) is 4.79 Å². The second-order valence-electron chi connectivity index (χ2n) is 3.83. The maximum atomic E-state index is 13.8. The van der Waals surface area contributed by atoms with Crippen molar-refractivity contribution in [2.75, 3.05) is 7.11 Å². The van der Waals surface area contributed by atoms with Crippen molar-refractivity contribution in [3.8, 4) is 5.75 Å². The van der Waals surface area contributed by atoms with Gasteiger partial charge in [0.1, 0.15) is 17.4 Å². The van der Waals surface area contributed by atoms with Crippen molar-refractivity contribution in [3.63, 3.8) is 0 Å². The SMILES string of the molecule is COc1ccc(C(=O)c2cc(F)cc(Br)c2)c(F)c1. The molecule has 2 aromatic rings. The van der Waals surface area contributed by atoms with Crippen LogP contribution in [0.3, 0.4) is 0 Å². The zero-order valence-corrected chi connectivity index (χ0v) is 11.5. The Morgan fingerprint density at radius 3 is 2.47 bits per heavy atom. The van der Waals surface area contributed by atoms with Crippen LogP contribution in [-0.2, 0) is 0 Å². The van der Waals surface area contributed by atoms with Gasteiger partial charge in [-0.1, -0.05) is 15.9 Å². The standard InChI is InChI=1S/C14H9BrF2O2/c1-19-11-2-3-12(13(17)7-11)14(18)8-4-9(15)6-10(16)5-8/h2-7H,1H3. The van der Waals surface area contributed by atoms with E-state index in [2.05, 4.69) is 15.9 Å². The number of benzene rings is 2. The Morgan fingerprint density at radius 1 is 1.16 bits per heavy atom. The fraction of sp³-hybridized carbons (Fsp3) is 0.0714. The topological polar surface area (TPSA) is 26.3 Å². The zero-order valence-electron chi connectivity index (χ0n) is 9.91. The lowest BCUT2D eigenvalue weighted by atomic mass is 10.0. The number of halogens is 3. The van der Waals surface area contributed by atoms with Crippen LogP contribution in [0.5, 0.6) is 5.75 Å².